The van der Waals surface area contributed by atoms with Crippen molar-refractivity contribution in [2.45, 2.75) is 50.2 Å². The molecular formula is C24H29ClF4N6O2. The van der Waals surface area contributed by atoms with Crippen LogP contribution in [0.25, 0.3) is 0 Å². The number of aliphatic imine (C=N–C) groups is 2. The van der Waals surface area contributed by atoms with Gasteiger partial charge in [-0.1, -0.05) is 11.6 Å². The van der Waals surface area contributed by atoms with Gasteiger partial charge in [-0.15, -0.1) is 0 Å². The fraction of sp³-hybridized carbons (Fsp3) is 0.542. The summed E-state index contributed by atoms with van der Waals surface area (Å²) < 4.78 is 61.0. The summed E-state index contributed by atoms with van der Waals surface area (Å²) >= 11 is 6.52. The van der Waals surface area contributed by atoms with Crippen LogP contribution in [-0.2, 0) is 18.0 Å². The van der Waals surface area contributed by atoms with Crippen molar-refractivity contribution in [1.82, 2.24) is 14.7 Å². The van der Waals surface area contributed by atoms with Crippen molar-refractivity contribution in [2.75, 3.05) is 31.6 Å². The second-order valence-electron chi connectivity index (χ2n) is 9.66. The number of halogens is 5. The standard InChI is InChI=1S/C24H29ClF4N6O2/c1-13-7-16(25)15(14-5-6-35(10-17(14)26)23(2)12-37-11-20(23)36)8-18(13)31-22(30-3)32-21-9-19(24(27,28)29)33-34(21)4/h7-9,14,17,20,36H,3,5-6,10-12H2,1-2,4H3,(H,31,32)/t14-,17+,20-,23+/m0/s1. The summed E-state index contributed by atoms with van der Waals surface area (Å²) in [6.07, 6.45) is -6.07. The van der Waals surface area contributed by atoms with E-state index in [1.807, 2.05) is 11.8 Å². The summed E-state index contributed by atoms with van der Waals surface area (Å²) in [4.78, 5) is 10.1. The average Bonchev–Trinajstić information content (AvgIpc) is 3.37. The highest BCUT2D eigenvalue weighted by Crippen LogP contribution is 2.41. The predicted molar refractivity (Wildman–Crippen MR) is 134 cm³/mol. The van der Waals surface area contributed by atoms with Gasteiger partial charge in [0.25, 0.3) is 0 Å². The number of guanidine groups is 1. The second kappa shape index (κ2) is 10.3. The average molecular weight is 545 g/mol. The van der Waals surface area contributed by atoms with Gasteiger partial charge >= 0.3 is 6.18 Å². The molecule has 4 atom stereocenters. The number of ether oxygens (including phenoxy) is 1. The van der Waals surface area contributed by atoms with Crippen molar-refractivity contribution < 1.29 is 27.4 Å². The zero-order chi connectivity index (χ0) is 27.1. The molecule has 13 heteroatoms. The van der Waals surface area contributed by atoms with Gasteiger partial charge in [0, 0.05) is 30.6 Å². The van der Waals surface area contributed by atoms with E-state index in [1.165, 1.54) is 7.05 Å². The van der Waals surface area contributed by atoms with Crippen LogP contribution in [0.2, 0.25) is 5.02 Å². The van der Waals surface area contributed by atoms with E-state index in [0.717, 1.165) is 10.7 Å². The highest BCUT2D eigenvalue weighted by atomic mass is 35.5. The number of piperidine rings is 1. The molecule has 0 spiro atoms. The zero-order valence-corrected chi connectivity index (χ0v) is 21.4. The van der Waals surface area contributed by atoms with Gasteiger partial charge in [-0.25, -0.2) is 14.4 Å². The van der Waals surface area contributed by atoms with E-state index in [-0.39, 0.29) is 24.9 Å². The lowest BCUT2D eigenvalue weighted by Crippen LogP contribution is -2.58. The minimum Gasteiger partial charge on any atom is -0.389 e. The topological polar surface area (TPSA) is 87.3 Å². The molecule has 0 bridgehead atoms. The quantitative estimate of drug-likeness (QED) is 0.337. The molecule has 2 fully saturated rings. The lowest BCUT2D eigenvalue weighted by molar-refractivity contribution is -0.141. The van der Waals surface area contributed by atoms with Crippen LogP contribution in [0.15, 0.2) is 28.2 Å². The molecule has 4 rings (SSSR count). The molecule has 0 saturated carbocycles. The van der Waals surface area contributed by atoms with Crippen LogP contribution in [0.5, 0.6) is 0 Å². The smallest absolute Gasteiger partial charge is 0.389 e. The number of aromatic nitrogens is 2. The van der Waals surface area contributed by atoms with Crippen molar-refractivity contribution in [1.29, 1.82) is 0 Å². The Hall–Kier alpha value is -2.54. The molecule has 0 unspecified atom stereocenters. The number of alkyl halides is 4. The van der Waals surface area contributed by atoms with E-state index >= 15 is 4.39 Å². The summed E-state index contributed by atoms with van der Waals surface area (Å²) in [6, 6.07) is 4.20. The maximum absolute atomic E-state index is 15.5. The first-order valence-electron chi connectivity index (χ1n) is 11.7. The number of nitrogens with one attached hydrogen (secondary N) is 1. The number of hydrogen-bond donors (Lipinski definition) is 2. The molecule has 0 amide bonds. The number of aliphatic hydroxyl groups excluding tert-OH is 1. The number of hydrogen-bond acceptors (Lipinski definition) is 5. The lowest BCUT2D eigenvalue weighted by Gasteiger charge is -2.45. The molecule has 2 aromatic rings. The summed E-state index contributed by atoms with van der Waals surface area (Å²) in [7, 11) is 1.36. The van der Waals surface area contributed by atoms with Gasteiger partial charge in [0.15, 0.2) is 5.69 Å². The van der Waals surface area contributed by atoms with Gasteiger partial charge in [0.05, 0.1) is 30.5 Å². The Labute approximate surface area is 217 Å². The second-order valence-corrected chi connectivity index (χ2v) is 10.1. The number of benzene rings is 1. The molecule has 8 nitrogen and oxygen atoms in total. The molecule has 0 radical (unpaired) electrons. The van der Waals surface area contributed by atoms with E-state index < -0.39 is 35.6 Å². The third-order valence-corrected chi connectivity index (χ3v) is 7.48. The van der Waals surface area contributed by atoms with Crippen LogP contribution >= 0.6 is 11.6 Å². The maximum Gasteiger partial charge on any atom is 0.435 e. The van der Waals surface area contributed by atoms with Crippen molar-refractivity contribution in [3.05, 3.63) is 40.0 Å². The normalized spacial score (nSPS) is 27.5. The third kappa shape index (κ3) is 5.52. The van der Waals surface area contributed by atoms with E-state index in [4.69, 9.17) is 16.3 Å². The van der Waals surface area contributed by atoms with Crippen LogP contribution in [0.4, 0.5) is 29.1 Å². The van der Waals surface area contributed by atoms with Gasteiger partial charge in [0.2, 0.25) is 5.96 Å². The van der Waals surface area contributed by atoms with Crippen molar-refractivity contribution >= 4 is 35.8 Å². The molecule has 0 aliphatic carbocycles. The molecule has 2 saturated heterocycles. The highest BCUT2D eigenvalue weighted by molar-refractivity contribution is 6.31. The van der Waals surface area contributed by atoms with Crippen molar-refractivity contribution in [3.8, 4) is 0 Å². The molecule has 202 valence electrons. The Morgan fingerprint density at radius 3 is 2.65 bits per heavy atom. The Bertz CT molecular complexity index is 1200. The Balaban J connectivity index is 1.57. The SMILES string of the molecule is C=N/C(=N\c1cc([C@@H]2CCN([C@]3(C)COC[C@@H]3O)C[C@H]2F)c(Cl)cc1C)Nc1cc(C(F)(F)F)nn1C. The molecule has 2 aliphatic rings. The lowest BCUT2D eigenvalue weighted by atomic mass is 9.84. The molecule has 2 N–H and O–H groups in total. The molecule has 3 heterocycles. The number of anilines is 1. The fourth-order valence-electron chi connectivity index (χ4n) is 4.81. The number of aryl methyl sites for hydroxylation is 2. The minimum absolute atomic E-state index is 0.0214. The van der Waals surface area contributed by atoms with Crippen molar-refractivity contribution in [3.63, 3.8) is 0 Å². The fourth-order valence-corrected chi connectivity index (χ4v) is 5.17. The number of aliphatic hydroxyl groups is 1. The number of rotatable bonds is 4. The highest BCUT2D eigenvalue weighted by Gasteiger charge is 2.47. The summed E-state index contributed by atoms with van der Waals surface area (Å²) in [6.45, 7) is 8.32. The number of likely N-dealkylation sites (tertiary alicyclic amines) is 1. The van der Waals surface area contributed by atoms with E-state index in [1.54, 1.807) is 19.1 Å². The van der Waals surface area contributed by atoms with Crippen LogP contribution in [0.3, 0.4) is 0 Å². The van der Waals surface area contributed by atoms with Gasteiger partial charge < -0.3 is 15.2 Å². The van der Waals surface area contributed by atoms with E-state index in [0.29, 0.717) is 41.4 Å². The van der Waals surface area contributed by atoms with Crippen LogP contribution in [0.1, 0.15) is 36.1 Å². The number of nitrogens with zero attached hydrogens (tertiary/aromatic N) is 5. The summed E-state index contributed by atoms with van der Waals surface area (Å²) in [5.41, 5.74) is -0.0277. The zero-order valence-electron chi connectivity index (χ0n) is 20.7. The van der Waals surface area contributed by atoms with E-state index in [2.05, 4.69) is 27.1 Å². The largest absolute Gasteiger partial charge is 0.435 e. The van der Waals surface area contributed by atoms with E-state index in [9.17, 15) is 18.3 Å². The van der Waals surface area contributed by atoms with Crippen LogP contribution in [0, 0.1) is 6.92 Å². The predicted octanol–water partition coefficient (Wildman–Crippen LogP) is 4.48. The maximum atomic E-state index is 15.5. The molecule has 2 aliphatic heterocycles. The first kappa shape index (κ1) is 27.5. The van der Waals surface area contributed by atoms with Crippen LogP contribution < -0.4 is 5.32 Å². The summed E-state index contributed by atoms with van der Waals surface area (Å²) in [5, 5.41) is 16.9. The summed E-state index contributed by atoms with van der Waals surface area (Å²) in [5.74, 6) is -0.531. The van der Waals surface area contributed by atoms with Crippen LogP contribution in [-0.4, -0.2) is 76.6 Å². The molecular weight excluding hydrogens is 516 g/mol. The first-order valence-corrected chi connectivity index (χ1v) is 12.1. The van der Waals surface area contributed by atoms with Gasteiger partial charge in [-0.3, -0.25) is 9.58 Å². The first-order chi connectivity index (χ1) is 17.3. The van der Waals surface area contributed by atoms with Crippen molar-refractivity contribution in [2.24, 2.45) is 17.0 Å². The third-order valence-electron chi connectivity index (χ3n) is 7.15. The molecule has 1 aromatic carbocycles. The molecule has 1 aromatic heterocycles. The monoisotopic (exact) mass is 544 g/mol. The van der Waals surface area contributed by atoms with Gasteiger partial charge in [-0.2, -0.15) is 18.3 Å². The Morgan fingerprint density at radius 1 is 1.35 bits per heavy atom. The Morgan fingerprint density at radius 2 is 2.08 bits per heavy atom. The Kier molecular flexibility index (Phi) is 7.67. The molecule has 37 heavy (non-hydrogen) atoms. The van der Waals surface area contributed by atoms with Gasteiger partial charge in [0.1, 0.15) is 12.0 Å². The minimum atomic E-state index is -4.60. The van der Waals surface area contributed by atoms with Gasteiger partial charge in [-0.05, 0) is 56.8 Å².